The number of allylic oxidation sites excluding steroid dienone is 1. The number of aliphatic imine (C=N–C) groups is 1. The number of hydrogen-bond acceptors (Lipinski definition) is 3. The second-order valence-corrected chi connectivity index (χ2v) is 2.75. The average molecular weight is 179 g/mol. The minimum absolute atomic E-state index is 0.579. The van der Waals surface area contributed by atoms with Gasteiger partial charge >= 0.3 is 0 Å². The monoisotopic (exact) mass is 179 g/mol. The van der Waals surface area contributed by atoms with Gasteiger partial charge in [0.25, 0.3) is 0 Å². The first-order valence-electron chi connectivity index (χ1n) is 3.58. The van der Waals surface area contributed by atoms with E-state index >= 15 is 0 Å². The van der Waals surface area contributed by atoms with Crippen LogP contribution in [0, 0.1) is 0 Å². The van der Waals surface area contributed by atoms with Crippen molar-refractivity contribution < 1.29 is 0 Å². The summed E-state index contributed by atoms with van der Waals surface area (Å²) in [5, 5.41) is 0.690. The Morgan fingerprint density at radius 2 is 2.42 bits per heavy atom. The van der Waals surface area contributed by atoms with E-state index in [1.165, 1.54) is 0 Å². The van der Waals surface area contributed by atoms with E-state index in [1.54, 1.807) is 0 Å². The van der Waals surface area contributed by atoms with Gasteiger partial charge in [0.05, 0.1) is 0 Å². The highest BCUT2D eigenvalue weighted by atomic mass is 32.1. The maximum Gasteiger partial charge on any atom is 0.233 e. The van der Waals surface area contributed by atoms with Crippen molar-refractivity contribution in [3.63, 3.8) is 0 Å². The average Bonchev–Trinajstić information content (AvgIpc) is 2.33. The fourth-order valence-electron chi connectivity index (χ4n) is 0.926. The fourth-order valence-corrected chi connectivity index (χ4v) is 1.12. The van der Waals surface area contributed by atoms with Crippen LogP contribution in [0.2, 0.25) is 0 Å². The molecular formula is C7H10BN3S. The molecule has 1 aromatic rings. The molecule has 0 saturated heterocycles. The van der Waals surface area contributed by atoms with E-state index in [0.29, 0.717) is 11.0 Å². The Labute approximate surface area is 78.0 Å². The number of nitrogens with zero attached hydrogens (tertiary/aromatic N) is 3. The molecule has 0 aliphatic rings. The van der Waals surface area contributed by atoms with Gasteiger partial charge in [0, 0.05) is 11.8 Å². The molecule has 3 nitrogen and oxygen atoms in total. The van der Waals surface area contributed by atoms with Crippen LogP contribution >= 0.6 is 12.6 Å². The van der Waals surface area contributed by atoms with Crippen molar-refractivity contribution in [1.29, 1.82) is 0 Å². The predicted molar refractivity (Wildman–Crippen MR) is 57.9 cm³/mol. The normalized spacial score (nSPS) is 10.8. The quantitative estimate of drug-likeness (QED) is 0.393. The fraction of sp³-hybridized carbons (Fsp3) is 0.143. The van der Waals surface area contributed by atoms with Gasteiger partial charge in [-0.1, -0.05) is 6.08 Å². The standard InChI is InChI=1S/C7H10BN3S/c1-3-4-11-5(8)6(12)10-7(11)9-2/h3-4,12H,2,8H2,1H3/b4-3-. The summed E-state index contributed by atoms with van der Waals surface area (Å²) < 4.78 is 1.84. The van der Waals surface area contributed by atoms with E-state index in [2.05, 4.69) is 29.3 Å². The highest BCUT2D eigenvalue weighted by Gasteiger charge is 2.06. The van der Waals surface area contributed by atoms with Crippen LogP contribution in [0.5, 0.6) is 0 Å². The smallest absolute Gasteiger partial charge is 0.233 e. The lowest BCUT2D eigenvalue weighted by atomic mass is 10.1. The summed E-state index contributed by atoms with van der Waals surface area (Å²) in [4.78, 5) is 7.87. The lowest BCUT2D eigenvalue weighted by molar-refractivity contribution is 1.12. The third kappa shape index (κ3) is 1.45. The van der Waals surface area contributed by atoms with Gasteiger partial charge in [0.1, 0.15) is 5.03 Å². The molecule has 0 aliphatic heterocycles. The molecule has 12 heavy (non-hydrogen) atoms. The summed E-state index contributed by atoms with van der Waals surface area (Å²) in [5.41, 5.74) is 0.971. The molecule has 1 heterocycles. The molecule has 0 atom stereocenters. The first-order valence-corrected chi connectivity index (χ1v) is 4.02. The Morgan fingerprint density at radius 3 is 2.92 bits per heavy atom. The second-order valence-electron chi connectivity index (χ2n) is 2.33. The van der Waals surface area contributed by atoms with E-state index < -0.39 is 0 Å². The van der Waals surface area contributed by atoms with Gasteiger partial charge < -0.3 is 0 Å². The first-order chi connectivity index (χ1) is 5.70. The summed E-state index contributed by atoms with van der Waals surface area (Å²) in [7, 11) is 1.93. The molecule has 0 bridgehead atoms. The first kappa shape index (κ1) is 9.13. The van der Waals surface area contributed by atoms with Gasteiger partial charge in [-0.2, -0.15) is 0 Å². The molecule has 0 aromatic carbocycles. The highest BCUT2D eigenvalue weighted by Crippen LogP contribution is 2.11. The summed E-state index contributed by atoms with van der Waals surface area (Å²) in [5.74, 6) is 0.579. The summed E-state index contributed by atoms with van der Waals surface area (Å²) in [6.45, 7) is 5.36. The zero-order chi connectivity index (χ0) is 9.14. The topological polar surface area (TPSA) is 30.2 Å². The van der Waals surface area contributed by atoms with Gasteiger partial charge in [0.2, 0.25) is 5.95 Å². The van der Waals surface area contributed by atoms with E-state index in [-0.39, 0.29) is 0 Å². The van der Waals surface area contributed by atoms with Crippen molar-refractivity contribution in [2.24, 2.45) is 4.99 Å². The molecule has 62 valence electrons. The molecule has 0 radical (unpaired) electrons. The van der Waals surface area contributed by atoms with Crippen molar-refractivity contribution in [3.05, 3.63) is 6.08 Å². The van der Waals surface area contributed by atoms with Crippen molar-refractivity contribution in [2.75, 3.05) is 0 Å². The van der Waals surface area contributed by atoms with E-state index in [0.717, 1.165) is 5.59 Å². The zero-order valence-corrected chi connectivity index (χ0v) is 8.05. The molecule has 0 aliphatic carbocycles. The third-order valence-corrected chi connectivity index (χ3v) is 1.97. The maximum absolute atomic E-state index is 4.18. The van der Waals surface area contributed by atoms with Crippen molar-refractivity contribution in [3.8, 4) is 0 Å². The molecular weight excluding hydrogens is 169 g/mol. The van der Waals surface area contributed by atoms with Crippen LogP contribution in [-0.4, -0.2) is 24.1 Å². The van der Waals surface area contributed by atoms with E-state index in [9.17, 15) is 0 Å². The molecule has 0 N–H and O–H groups in total. The molecule has 1 aromatic heterocycles. The molecule has 0 unspecified atom stereocenters. The number of hydrogen-bond donors (Lipinski definition) is 1. The van der Waals surface area contributed by atoms with Crippen molar-refractivity contribution >= 4 is 44.9 Å². The van der Waals surface area contributed by atoms with Crippen LogP contribution in [0.15, 0.2) is 16.1 Å². The summed E-state index contributed by atoms with van der Waals surface area (Å²) >= 11 is 4.18. The Hall–Kier alpha value is -0.965. The van der Waals surface area contributed by atoms with Crippen LogP contribution in [0.1, 0.15) is 6.92 Å². The highest BCUT2D eigenvalue weighted by molar-refractivity contribution is 7.80. The summed E-state index contributed by atoms with van der Waals surface area (Å²) in [6.07, 6.45) is 3.79. The van der Waals surface area contributed by atoms with Crippen LogP contribution < -0.4 is 5.59 Å². The van der Waals surface area contributed by atoms with Crippen LogP contribution in [0.25, 0.3) is 6.20 Å². The van der Waals surface area contributed by atoms with Crippen LogP contribution in [-0.2, 0) is 0 Å². The van der Waals surface area contributed by atoms with E-state index in [1.807, 2.05) is 31.6 Å². The number of aromatic nitrogens is 2. The van der Waals surface area contributed by atoms with Gasteiger partial charge in [-0.3, -0.25) is 4.57 Å². The lowest BCUT2D eigenvalue weighted by Gasteiger charge is -1.97. The molecule has 1 rings (SSSR count). The molecule has 0 saturated carbocycles. The Kier molecular flexibility index (Phi) is 2.76. The molecule has 0 amide bonds. The van der Waals surface area contributed by atoms with Gasteiger partial charge in [0.15, 0.2) is 7.85 Å². The number of imidazole rings is 1. The van der Waals surface area contributed by atoms with Crippen LogP contribution in [0.3, 0.4) is 0 Å². The van der Waals surface area contributed by atoms with Crippen LogP contribution in [0.4, 0.5) is 5.95 Å². The second kappa shape index (κ2) is 3.62. The maximum atomic E-state index is 4.18. The lowest BCUT2D eigenvalue weighted by Crippen LogP contribution is -2.12. The zero-order valence-electron chi connectivity index (χ0n) is 7.15. The molecule has 0 fully saturated rings. The summed E-state index contributed by atoms with van der Waals surface area (Å²) in [6, 6.07) is 0. The third-order valence-electron chi connectivity index (χ3n) is 1.55. The van der Waals surface area contributed by atoms with Gasteiger partial charge in [-0.25, -0.2) is 9.98 Å². The minimum Gasteiger partial charge on any atom is -0.297 e. The molecule has 0 spiro atoms. The Balaban J connectivity index is 3.30. The van der Waals surface area contributed by atoms with Crippen molar-refractivity contribution in [1.82, 2.24) is 9.55 Å². The molecule has 5 heteroatoms. The number of thiol groups is 1. The van der Waals surface area contributed by atoms with Crippen molar-refractivity contribution in [2.45, 2.75) is 11.9 Å². The predicted octanol–water partition coefficient (Wildman–Crippen LogP) is 0.253. The van der Waals surface area contributed by atoms with Gasteiger partial charge in [-0.15, -0.1) is 12.6 Å². The van der Waals surface area contributed by atoms with E-state index in [4.69, 9.17) is 0 Å². The number of rotatable bonds is 2. The largest absolute Gasteiger partial charge is 0.297 e. The Morgan fingerprint density at radius 1 is 1.75 bits per heavy atom. The van der Waals surface area contributed by atoms with Gasteiger partial charge in [-0.05, 0) is 13.6 Å². The minimum atomic E-state index is 0.579. The SMILES string of the molecule is Bc1c(S)nc(N=C)n1/C=C\C. The Bertz CT molecular complexity index is 330.